The van der Waals surface area contributed by atoms with Gasteiger partial charge >= 0.3 is 0 Å². The molecule has 0 aromatic heterocycles. The molecule has 2 heterocycles. The van der Waals surface area contributed by atoms with Crippen LogP contribution in [-0.2, 0) is 4.74 Å². The van der Waals surface area contributed by atoms with Gasteiger partial charge < -0.3 is 9.64 Å². The molecule has 2 aliphatic heterocycles. The summed E-state index contributed by atoms with van der Waals surface area (Å²) in [7, 11) is 2.14. The highest BCUT2D eigenvalue weighted by atomic mass is 35.5. The molecule has 1 spiro atoms. The summed E-state index contributed by atoms with van der Waals surface area (Å²) < 4.78 is 7.83. The van der Waals surface area contributed by atoms with Gasteiger partial charge in [0, 0.05) is 25.9 Å². The topological polar surface area (TPSA) is 15.7 Å². The quantitative estimate of drug-likeness (QED) is 0.576. The number of hydrogen-bond donors (Lipinski definition) is 0. The Morgan fingerprint density at radius 1 is 1.21 bits per heavy atom. The van der Waals surface area contributed by atoms with Crippen molar-refractivity contribution in [1.29, 1.82) is 0 Å². The van der Waals surface area contributed by atoms with E-state index in [0.717, 1.165) is 32.5 Å². The fourth-order valence-electron chi connectivity index (χ4n) is 2.28. The normalized spacial score (nSPS) is 32.6. The van der Waals surface area contributed by atoms with Crippen molar-refractivity contribution < 1.29 is 4.74 Å². The lowest BCUT2D eigenvalue weighted by Gasteiger charge is -2.42. The van der Waals surface area contributed by atoms with Gasteiger partial charge in [0.15, 0.2) is 0 Å². The maximum Gasteiger partial charge on any atom is 0.138 e. The molecule has 2 saturated heterocycles. The monoisotopic (exact) mass is 218 g/mol. The number of hydrogen-bond acceptors (Lipinski definition) is 3. The summed E-state index contributed by atoms with van der Waals surface area (Å²) in [5.41, 5.74) is -0.227. The fourth-order valence-corrected chi connectivity index (χ4v) is 2.55. The second-order valence-corrected chi connectivity index (χ2v) is 5.47. The lowest BCUT2D eigenvalue weighted by Crippen LogP contribution is -2.52. The predicted octanol–water partition coefficient (Wildman–Crippen LogP) is 1.67. The smallest absolute Gasteiger partial charge is 0.138 e. The molecule has 4 heteroatoms. The number of nitrogens with zero attached hydrogens (tertiary/aromatic N) is 2. The van der Waals surface area contributed by atoms with Gasteiger partial charge in [0.05, 0.1) is 12.1 Å². The van der Waals surface area contributed by atoms with E-state index in [-0.39, 0.29) is 11.3 Å². The second-order valence-electron chi connectivity index (χ2n) is 5.13. The first-order valence-electron chi connectivity index (χ1n) is 5.25. The zero-order valence-electron chi connectivity index (χ0n) is 9.22. The van der Waals surface area contributed by atoms with Crippen LogP contribution < -0.4 is 0 Å². The number of ether oxygens (including phenoxy) is 1. The maximum atomic E-state index is 6.38. The summed E-state index contributed by atoms with van der Waals surface area (Å²) in [6.45, 7) is 7.14. The molecule has 0 atom stereocenters. The third-order valence-corrected chi connectivity index (χ3v) is 4.12. The van der Waals surface area contributed by atoms with Gasteiger partial charge in [0.2, 0.25) is 0 Å². The van der Waals surface area contributed by atoms with Gasteiger partial charge in [-0.3, -0.25) is 0 Å². The van der Waals surface area contributed by atoms with E-state index in [1.54, 1.807) is 0 Å². The van der Waals surface area contributed by atoms with E-state index >= 15 is 0 Å². The van der Waals surface area contributed by atoms with Crippen LogP contribution in [0, 0.1) is 0 Å². The third kappa shape index (κ3) is 1.56. The Balaban J connectivity index is 2.11. The lowest BCUT2D eigenvalue weighted by atomic mass is 9.99. The minimum atomic E-state index is -0.197. The largest absolute Gasteiger partial charge is 0.357 e. The first-order chi connectivity index (χ1) is 6.46. The molecular weight excluding hydrogens is 200 g/mol. The van der Waals surface area contributed by atoms with Crippen LogP contribution >= 0.6 is 11.8 Å². The average molecular weight is 219 g/mol. The van der Waals surface area contributed by atoms with E-state index in [1.165, 1.54) is 0 Å². The molecule has 0 aromatic rings. The molecule has 0 N–H and O–H groups in total. The number of piperidine rings is 1. The summed E-state index contributed by atoms with van der Waals surface area (Å²) >= 11 is 6.38. The van der Waals surface area contributed by atoms with Gasteiger partial charge in [0.1, 0.15) is 5.72 Å². The van der Waals surface area contributed by atoms with Gasteiger partial charge in [-0.05, 0) is 32.7 Å². The second kappa shape index (κ2) is 3.34. The van der Waals surface area contributed by atoms with Crippen molar-refractivity contribution in [3.8, 4) is 0 Å². The number of likely N-dealkylation sites (tertiary alicyclic amines) is 1. The first-order valence-corrected chi connectivity index (χ1v) is 5.59. The Hall–Kier alpha value is 0.170. The van der Waals surface area contributed by atoms with Crippen LogP contribution in [0.5, 0.6) is 0 Å². The van der Waals surface area contributed by atoms with Crippen molar-refractivity contribution in [1.82, 2.24) is 9.32 Å². The van der Waals surface area contributed by atoms with Crippen LogP contribution in [0.4, 0.5) is 0 Å². The summed E-state index contributed by atoms with van der Waals surface area (Å²) in [6.07, 6.45) is 2.02. The SMILES string of the molecule is CN1CCC2(CC1)OCC(C)(C)N2Cl. The highest BCUT2D eigenvalue weighted by Crippen LogP contribution is 2.42. The van der Waals surface area contributed by atoms with Crippen molar-refractivity contribution in [3.63, 3.8) is 0 Å². The minimum absolute atomic E-state index is 0.0303. The van der Waals surface area contributed by atoms with Crippen molar-refractivity contribution in [2.45, 2.75) is 38.0 Å². The molecule has 0 aromatic carbocycles. The molecule has 0 aliphatic carbocycles. The zero-order valence-corrected chi connectivity index (χ0v) is 9.97. The van der Waals surface area contributed by atoms with E-state index < -0.39 is 0 Å². The van der Waals surface area contributed by atoms with Crippen LogP contribution in [0.25, 0.3) is 0 Å². The van der Waals surface area contributed by atoms with Crippen LogP contribution in [0.2, 0.25) is 0 Å². The molecule has 0 amide bonds. The molecule has 3 nitrogen and oxygen atoms in total. The van der Waals surface area contributed by atoms with Crippen molar-refractivity contribution in [3.05, 3.63) is 0 Å². The summed E-state index contributed by atoms with van der Waals surface area (Å²) in [5, 5.41) is 0. The maximum absolute atomic E-state index is 6.38. The van der Waals surface area contributed by atoms with Crippen LogP contribution in [0.15, 0.2) is 0 Å². The molecule has 0 bridgehead atoms. The van der Waals surface area contributed by atoms with Crippen LogP contribution in [0.1, 0.15) is 26.7 Å². The Morgan fingerprint density at radius 3 is 2.21 bits per heavy atom. The van der Waals surface area contributed by atoms with Gasteiger partial charge in [-0.2, -0.15) is 4.42 Å². The van der Waals surface area contributed by atoms with E-state index in [2.05, 4.69) is 25.8 Å². The minimum Gasteiger partial charge on any atom is -0.357 e. The Kier molecular flexibility index (Phi) is 2.55. The molecule has 2 fully saturated rings. The molecule has 0 saturated carbocycles. The highest BCUT2D eigenvalue weighted by Gasteiger charge is 2.52. The fraction of sp³-hybridized carbons (Fsp3) is 1.00. The molecule has 2 rings (SSSR count). The standard InChI is InChI=1S/C10H19ClN2O/c1-9(2)8-14-10(13(9)11)4-6-12(3)7-5-10/h4-8H2,1-3H3. The Morgan fingerprint density at radius 2 is 1.79 bits per heavy atom. The summed E-state index contributed by atoms with van der Waals surface area (Å²) in [4.78, 5) is 2.32. The van der Waals surface area contributed by atoms with Crippen LogP contribution in [-0.4, -0.2) is 47.3 Å². The molecular formula is C10H19ClN2O. The van der Waals surface area contributed by atoms with Gasteiger partial charge in [0.25, 0.3) is 0 Å². The first kappa shape index (κ1) is 10.7. The zero-order chi connectivity index (χ0) is 10.4. The average Bonchev–Trinajstić information content (AvgIpc) is 2.36. The third-order valence-electron chi connectivity index (χ3n) is 3.35. The van der Waals surface area contributed by atoms with Crippen molar-refractivity contribution >= 4 is 11.8 Å². The van der Waals surface area contributed by atoms with E-state index in [0.29, 0.717) is 0 Å². The van der Waals surface area contributed by atoms with Crippen molar-refractivity contribution in [2.24, 2.45) is 0 Å². The van der Waals surface area contributed by atoms with Crippen LogP contribution in [0.3, 0.4) is 0 Å². The number of halogens is 1. The molecule has 82 valence electrons. The molecule has 0 unspecified atom stereocenters. The van der Waals surface area contributed by atoms with E-state index in [9.17, 15) is 0 Å². The van der Waals surface area contributed by atoms with Gasteiger partial charge in [-0.1, -0.05) is 0 Å². The van der Waals surface area contributed by atoms with E-state index in [4.69, 9.17) is 16.5 Å². The number of rotatable bonds is 0. The van der Waals surface area contributed by atoms with Gasteiger partial charge in [-0.15, -0.1) is 0 Å². The summed E-state index contributed by atoms with van der Waals surface area (Å²) in [6, 6.07) is 0. The van der Waals surface area contributed by atoms with E-state index in [1.807, 2.05) is 4.42 Å². The molecule has 0 radical (unpaired) electrons. The molecule has 14 heavy (non-hydrogen) atoms. The highest BCUT2D eigenvalue weighted by molar-refractivity contribution is 6.14. The van der Waals surface area contributed by atoms with Gasteiger partial charge in [-0.25, -0.2) is 0 Å². The molecule has 2 aliphatic rings. The Labute approximate surface area is 91.1 Å². The lowest BCUT2D eigenvalue weighted by molar-refractivity contribution is -0.0895. The predicted molar refractivity (Wildman–Crippen MR) is 57.2 cm³/mol. The van der Waals surface area contributed by atoms with Crippen molar-refractivity contribution in [2.75, 3.05) is 26.7 Å². The summed E-state index contributed by atoms with van der Waals surface area (Å²) in [5.74, 6) is 0. The Bertz CT molecular complexity index is 224.